The molecule has 1 heterocycles. The van der Waals surface area contributed by atoms with E-state index in [2.05, 4.69) is 20.8 Å². The van der Waals surface area contributed by atoms with E-state index in [0.717, 1.165) is 11.3 Å². The quantitative estimate of drug-likeness (QED) is 0.686. The minimum absolute atomic E-state index is 0.252. The van der Waals surface area contributed by atoms with Gasteiger partial charge in [0, 0.05) is 23.4 Å². The number of anilines is 1. The third kappa shape index (κ3) is 4.04. The Balaban J connectivity index is 1.66. The molecule has 2 aromatic carbocycles. The van der Waals surface area contributed by atoms with Crippen LogP contribution in [0.2, 0.25) is 0 Å². The zero-order valence-corrected chi connectivity index (χ0v) is 14.3. The Morgan fingerprint density at radius 3 is 2.58 bits per heavy atom. The van der Waals surface area contributed by atoms with Gasteiger partial charge in [-0.3, -0.25) is 4.79 Å². The summed E-state index contributed by atoms with van der Waals surface area (Å²) in [5.74, 6) is 1.06. The fraction of sp³-hybridized carbons (Fsp3) is 0.111. The lowest BCUT2D eigenvalue weighted by molar-refractivity contribution is -0.111. The maximum absolute atomic E-state index is 12.1. The highest BCUT2D eigenvalue weighted by Crippen LogP contribution is 2.25. The van der Waals surface area contributed by atoms with Crippen molar-refractivity contribution in [3.05, 3.63) is 60.4 Å². The molecule has 1 amide bonds. The van der Waals surface area contributed by atoms with Crippen LogP contribution in [0.3, 0.4) is 0 Å². The SMILES string of the molecule is COc1ccc(/C=C/C(=O)Nc2ccc(-n3cnnn3)cc2)c(OC)c1. The number of methoxy groups -OCH3 is 2. The largest absolute Gasteiger partial charge is 0.497 e. The Labute approximate surface area is 150 Å². The van der Waals surface area contributed by atoms with Crippen LogP contribution in [0.4, 0.5) is 5.69 Å². The van der Waals surface area contributed by atoms with Gasteiger partial charge in [-0.05, 0) is 52.9 Å². The maximum Gasteiger partial charge on any atom is 0.248 e. The molecular formula is C18H17N5O3. The maximum atomic E-state index is 12.1. The van der Waals surface area contributed by atoms with Crippen LogP contribution in [0, 0.1) is 0 Å². The lowest BCUT2D eigenvalue weighted by Crippen LogP contribution is -2.07. The number of rotatable bonds is 6. The van der Waals surface area contributed by atoms with Crippen molar-refractivity contribution in [2.75, 3.05) is 19.5 Å². The van der Waals surface area contributed by atoms with Gasteiger partial charge in [0.1, 0.15) is 17.8 Å². The Morgan fingerprint density at radius 1 is 1.12 bits per heavy atom. The van der Waals surface area contributed by atoms with E-state index in [1.165, 1.54) is 17.1 Å². The van der Waals surface area contributed by atoms with Crippen molar-refractivity contribution in [1.29, 1.82) is 0 Å². The molecule has 8 heteroatoms. The van der Waals surface area contributed by atoms with E-state index < -0.39 is 0 Å². The van der Waals surface area contributed by atoms with Crippen LogP contribution in [0.5, 0.6) is 11.5 Å². The lowest BCUT2D eigenvalue weighted by Gasteiger charge is -2.07. The summed E-state index contributed by atoms with van der Waals surface area (Å²) in [6.45, 7) is 0. The number of hydrogen-bond donors (Lipinski definition) is 1. The van der Waals surface area contributed by atoms with Gasteiger partial charge in [0.25, 0.3) is 0 Å². The zero-order chi connectivity index (χ0) is 18.4. The zero-order valence-electron chi connectivity index (χ0n) is 14.3. The molecule has 0 aliphatic rings. The van der Waals surface area contributed by atoms with Gasteiger partial charge in [-0.15, -0.1) is 5.10 Å². The van der Waals surface area contributed by atoms with Gasteiger partial charge in [0.05, 0.1) is 19.9 Å². The van der Waals surface area contributed by atoms with Gasteiger partial charge in [0.15, 0.2) is 0 Å². The van der Waals surface area contributed by atoms with Crippen molar-refractivity contribution < 1.29 is 14.3 Å². The molecule has 132 valence electrons. The number of amides is 1. The van der Waals surface area contributed by atoms with Crippen molar-refractivity contribution >= 4 is 17.7 Å². The molecule has 0 fully saturated rings. The summed E-state index contributed by atoms with van der Waals surface area (Å²) in [4.78, 5) is 12.1. The molecule has 0 spiro atoms. The molecule has 0 aliphatic carbocycles. The first-order valence-corrected chi connectivity index (χ1v) is 7.74. The van der Waals surface area contributed by atoms with E-state index in [9.17, 15) is 4.79 Å². The first kappa shape index (κ1) is 17.2. The van der Waals surface area contributed by atoms with Crippen LogP contribution in [0.1, 0.15) is 5.56 Å². The highest BCUT2D eigenvalue weighted by atomic mass is 16.5. The summed E-state index contributed by atoms with van der Waals surface area (Å²) in [5, 5.41) is 13.8. The van der Waals surface area contributed by atoms with Crippen LogP contribution >= 0.6 is 0 Å². The number of hydrogen-bond acceptors (Lipinski definition) is 6. The average molecular weight is 351 g/mol. The Morgan fingerprint density at radius 2 is 1.92 bits per heavy atom. The number of carbonyl (C=O) groups is 1. The minimum Gasteiger partial charge on any atom is -0.497 e. The summed E-state index contributed by atoms with van der Waals surface area (Å²) < 4.78 is 12.0. The molecule has 0 bridgehead atoms. The summed E-state index contributed by atoms with van der Waals surface area (Å²) in [6, 6.07) is 12.5. The highest BCUT2D eigenvalue weighted by molar-refractivity contribution is 6.02. The predicted octanol–water partition coefficient (Wildman–Crippen LogP) is 2.33. The Kier molecular flexibility index (Phi) is 5.23. The van der Waals surface area contributed by atoms with Crippen LogP contribution in [0.25, 0.3) is 11.8 Å². The molecule has 0 saturated heterocycles. The molecule has 26 heavy (non-hydrogen) atoms. The molecule has 1 N–H and O–H groups in total. The summed E-state index contributed by atoms with van der Waals surface area (Å²) >= 11 is 0. The molecule has 3 rings (SSSR count). The van der Waals surface area contributed by atoms with E-state index in [1.807, 2.05) is 18.2 Å². The predicted molar refractivity (Wildman–Crippen MR) is 96.4 cm³/mol. The van der Waals surface area contributed by atoms with Crippen molar-refractivity contribution in [1.82, 2.24) is 20.2 Å². The second-order valence-corrected chi connectivity index (χ2v) is 5.23. The fourth-order valence-electron chi connectivity index (χ4n) is 2.28. The van der Waals surface area contributed by atoms with E-state index in [4.69, 9.17) is 9.47 Å². The van der Waals surface area contributed by atoms with Gasteiger partial charge < -0.3 is 14.8 Å². The van der Waals surface area contributed by atoms with E-state index in [-0.39, 0.29) is 5.91 Å². The molecule has 3 aromatic rings. The van der Waals surface area contributed by atoms with Gasteiger partial charge >= 0.3 is 0 Å². The number of nitrogens with zero attached hydrogens (tertiary/aromatic N) is 4. The third-order valence-electron chi connectivity index (χ3n) is 3.60. The number of tetrazole rings is 1. The highest BCUT2D eigenvalue weighted by Gasteiger charge is 2.04. The lowest BCUT2D eigenvalue weighted by atomic mass is 10.1. The summed E-state index contributed by atoms with van der Waals surface area (Å²) in [5.41, 5.74) is 2.24. The van der Waals surface area contributed by atoms with Gasteiger partial charge in [-0.2, -0.15) is 0 Å². The molecule has 0 saturated carbocycles. The molecule has 1 aromatic heterocycles. The van der Waals surface area contributed by atoms with Crippen LogP contribution in [-0.2, 0) is 4.79 Å². The van der Waals surface area contributed by atoms with Gasteiger partial charge in [-0.1, -0.05) is 0 Å². The minimum atomic E-state index is -0.252. The van der Waals surface area contributed by atoms with E-state index in [1.54, 1.807) is 44.6 Å². The molecular weight excluding hydrogens is 334 g/mol. The summed E-state index contributed by atoms with van der Waals surface area (Å²) in [7, 11) is 3.15. The monoisotopic (exact) mass is 351 g/mol. The number of ether oxygens (including phenoxy) is 2. The Bertz CT molecular complexity index is 905. The standard InChI is InChI=1S/C18H17N5O3/c1-25-16-9-3-13(17(11-16)26-2)4-10-18(24)20-14-5-7-15(8-6-14)23-12-19-21-22-23/h3-12H,1-2H3,(H,20,24)/b10-4+. The first-order valence-electron chi connectivity index (χ1n) is 7.74. The first-order chi connectivity index (χ1) is 12.7. The number of carbonyl (C=O) groups excluding carboxylic acids is 1. The molecule has 0 aliphatic heterocycles. The topological polar surface area (TPSA) is 91.2 Å². The smallest absolute Gasteiger partial charge is 0.248 e. The molecule has 0 radical (unpaired) electrons. The molecule has 0 atom stereocenters. The van der Waals surface area contributed by atoms with Crippen LogP contribution in [0.15, 0.2) is 54.9 Å². The summed E-state index contributed by atoms with van der Waals surface area (Å²) in [6.07, 6.45) is 4.63. The second-order valence-electron chi connectivity index (χ2n) is 5.23. The normalized spacial score (nSPS) is 10.7. The van der Waals surface area contributed by atoms with Crippen molar-refractivity contribution in [2.45, 2.75) is 0 Å². The molecule has 0 unspecified atom stereocenters. The average Bonchev–Trinajstić information content (AvgIpc) is 3.21. The fourth-order valence-corrected chi connectivity index (χ4v) is 2.28. The van der Waals surface area contributed by atoms with Gasteiger partial charge in [0.2, 0.25) is 5.91 Å². The number of aromatic nitrogens is 4. The second kappa shape index (κ2) is 7.93. The van der Waals surface area contributed by atoms with Crippen molar-refractivity contribution in [2.24, 2.45) is 0 Å². The number of benzene rings is 2. The molecule has 8 nitrogen and oxygen atoms in total. The van der Waals surface area contributed by atoms with Crippen molar-refractivity contribution in [3.8, 4) is 17.2 Å². The van der Waals surface area contributed by atoms with E-state index in [0.29, 0.717) is 17.2 Å². The van der Waals surface area contributed by atoms with E-state index >= 15 is 0 Å². The number of nitrogens with one attached hydrogen (secondary N) is 1. The van der Waals surface area contributed by atoms with Gasteiger partial charge in [-0.25, -0.2) is 4.68 Å². The van der Waals surface area contributed by atoms with Crippen LogP contribution < -0.4 is 14.8 Å². The third-order valence-corrected chi connectivity index (χ3v) is 3.60. The Hall–Kier alpha value is -3.68. The van der Waals surface area contributed by atoms with Crippen LogP contribution in [-0.4, -0.2) is 40.3 Å². The van der Waals surface area contributed by atoms with Crippen molar-refractivity contribution in [3.63, 3.8) is 0 Å².